The third kappa shape index (κ3) is 2.75. The predicted molar refractivity (Wildman–Crippen MR) is 79.2 cm³/mol. The smallest absolute Gasteiger partial charge is 0.244 e. The van der Waals surface area contributed by atoms with Crippen molar-refractivity contribution in [1.29, 1.82) is 0 Å². The van der Waals surface area contributed by atoms with Crippen LogP contribution < -0.4 is 0 Å². The van der Waals surface area contributed by atoms with E-state index < -0.39 is 10.0 Å². The fourth-order valence-electron chi connectivity index (χ4n) is 3.65. The minimum absolute atomic E-state index is 0.176. The van der Waals surface area contributed by atoms with Crippen LogP contribution in [0.2, 0.25) is 0 Å². The van der Waals surface area contributed by atoms with E-state index in [4.69, 9.17) is 5.11 Å². The van der Waals surface area contributed by atoms with Crippen molar-refractivity contribution in [3.8, 4) is 0 Å². The number of hydrogen-bond donors (Lipinski definition) is 2. The van der Waals surface area contributed by atoms with Crippen LogP contribution in [0.25, 0.3) is 0 Å². The largest absolute Gasteiger partial charge is 0.390 e. The first-order valence-electron chi connectivity index (χ1n) is 7.51. The Morgan fingerprint density at radius 3 is 2.90 bits per heavy atom. The zero-order chi connectivity index (χ0) is 15.0. The van der Waals surface area contributed by atoms with E-state index in [1.54, 1.807) is 4.31 Å². The highest BCUT2D eigenvalue weighted by Gasteiger charge is 2.38. The van der Waals surface area contributed by atoms with E-state index >= 15 is 0 Å². The van der Waals surface area contributed by atoms with Gasteiger partial charge in [0, 0.05) is 31.0 Å². The molecule has 2 N–H and O–H groups in total. The number of aromatic nitrogens is 1. The fraction of sp³-hybridized carbons (Fsp3) is 0.714. The van der Waals surface area contributed by atoms with E-state index in [2.05, 4.69) is 16.9 Å². The molecule has 0 aromatic carbocycles. The first-order valence-corrected chi connectivity index (χ1v) is 8.95. The summed E-state index contributed by atoms with van der Waals surface area (Å²) < 4.78 is 27.0. The van der Waals surface area contributed by atoms with Crippen molar-refractivity contribution in [3.63, 3.8) is 0 Å². The summed E-state index contributed by atoms with van der Waals surface area (Å²) in [4.78, 5) is 5.43. The van der Waals surface area contributed by atoms with Crippen molar-refractivity contribution < 1.29 is 13.5 Å². The molecule has 0 radical (unpaired) electrons. The number of piperidine rings is 2. The highest BCUT2D eigenvalue weighted by Crippen LogP contribution is 2.32. The van der Waals surface area contributed by atoms with Crippen LogP contribution in [-0.2, 0) is 16.6 Å². The average molecular weight is 313 g/mol. The monoisotopic (exact) mass is 313 g/mol. The Balaban J connectivity index is 1.78. The van der Waals surface area contributed by atoms with Gasteiger partial charge in [-0.3, -0.25) is 0 Å². The van der Waals surface area contributed by atoms with Gasteiger partial charge >= 0.3 is 0 Å². The van der Waals surface area contributed by atoms with Crippen LogP contribution in [-0.4, -0.2) is 60.4 Å². The van der Waals surface area contributed by atoms with Crippen molar-refractivity contribution in [1.82, 2.24) is 14.2 Å². The van der Waals surface area contributed by atoms with Crippen LogP contribution in [0.15, 0.2) is 17.2 Å². The van der Waals surface area contributed by atoms with E-state index in [0.717, 1.165) is 25.8 Å². The van der Waals surface area contributed by atoms with E-state index in [1.165, 1.54) is 12.3 Å². The number of sulfonamides is 1. The van der Waals surface area contributed by atoms with Crippen molar-refractivity contribution in [2.45, 2.75) is 36.8 Å². The molecular weight excluding hydrogens is 290 g/mol. The number of aliphatic hydroxyl groups is 1. The molecule has 1 aromatic rings. The zero-order valence-electron chi connectivity index (χ0n) is 12.3. The molecular formula is C14H23N3O3S. The summed E-state index contributed by atoms with van der Waals surface area (Å²) in [7, 11) is -1.31. The van der Waals surface area contributed by atoms with Crippen molar-refractivity contribution in [2.75, 3.05) is 26.7 Å². The van der Waals surface area contributed by atoms with Gasteiger partial charge < -0.3 is 15.0 Å². The molecule has 2 aliphatic rings. The van der Waals surface area contributed by atoms with Gasteiger partial charge in [0.05, 0.1) is 11.5 Å². The van der Waals surface area contributed by atoms with Crippen LogP contribution in [0.4, 0.5) is 0 Å². The molecule has 3 heterocycles. The van der Waals surface area contributed by atoms with Crippen molar-refractivity contribution in [2.24, 2.45) is 5.92 Å². The Morgan fingerprint density at radius 1 is 1.38 bits per heavy atom. The number of hydrogen-bond acceptors (Lipinski definition) is 4. The summed E-state index contributed by atoms with van der Waals surface area (Å²) in [6, 6.07) is 2.04. The van der Waals surface area contributed by atoms with Gasteiger partial charge in [-0.2, -0.15) is 4.31 Å². The second kappa shape index (κ2) is 5.72. The molecule has 1 aromatic heterocycles. The van der Waals surface area contributed by atoms with Crippen LogP contribution in [0.3, 0.4) is 0 Å². The lowest BCUT2D eigenvalue weighted by atomic mass is 9.85. The van der Waals surface area contributed by atoms with Crippen molar-refractivity contribution in [3.05, 3.63) is 18.0 Å². The number of likely N-dealkylation sites (tertiary alicyclic amines) is 1. The number of aromatic amines is 1. The lowest BCUT2D eigenvalue weighted by Gasteiger charge is -2.45. The van der Waals surface area contributed by atoms with Gasteiger partial charge in [0.1, 0.15) is 0 Å². The topological polar surface area (TPSA) is 76.6 Å². The van der Waals surface area contributed by atoms with Crippen LogP contribution in [0, 0.1) is 5.92 Å². The minimum atomic E-state index is -3.45. The quantitative estimate of drug-likeness (QED) is 0.857. The highest BCUT2D eigenvalue weighted by atomic mass is 32.2. The summed E-state index contributed by atoms with van der Waals surface area (Å²) in [5.74, 6) is 0.434. The Bertz CT molecular complexity index is 598. The average Bonchev–Trinajstić information content (AvgIpc) is 2.97. The number of aliphatic hydroxyl groups excluding tert-OH is 1. The molecule has 2 saturated heterocycles. The molecule has 118 valence electrons. The molecule has 0 amide bonds. The number of H-pyrrole nitrogens is 1. The fourth-order valence-corrected chi connectivity index (χ4v) is 5.18. The van der Waals surface area contributed by atoms with Crippen LogP contribution >= 0.6 is 0 Å². The van der Waals surface area contributed by atoms with E-state index in [0.29, 0.717) is 30.7 Å². The molecule has 0 bridgehead atoms. The van der Waals surface area contributed by atoms with Gasteiger partial charge in [0.2, 0.25) is 10.0 Å². The molecule has 2 aliphatic heterocycles. The molecule has 0 spiro atoms. The predicted octanol–water partition coefficient (Wildman–Crippen LogP) is 0.612. The molecule has 21 heavy (non-hydrogen) atoms. The number of nitrogens with one attached hydrogen (secondary N) is 1. The normalized spacial score (nSPS) is 28.5. The van der Waals surface area contributed by atoms with Gasteiger partial charge in [-0.05, 0) is 44.8 Å². The van der Waals surface area contributed by atoms with Gasteiger partial charge in [-0.15, -0.1) is 0 Å². The SMILES string of the molecule is CN1CCCC2CN(S(=O)(=O)c3c[nH]c(CO)c3)CCC21. The standard InChI is InChI=1S/C14H23N3O3S/c1-16-5-2-3-11-9-17(6-4-14(11)16)21(19,20)13-7-12(10-18)15-8-13/h7-8,11,14-15,18H,2-6,9-10H2,1H3. The van der Waals surface area contributed by atoms with Crippen molar-refractivity contribution >= 4 is 10.0 Å². The van der Waals surface area contributed by atoms with E-state index in [9.17, 15) is 8.42 Å². The molecule has 2 fully saturated rings. The summed E-state index contributed by atoms with van der Waals surface area (Å²) in [5.41, 5.74) is 0.529. The molecule has 0 aliphatic carbocycles. The summed E-state index contributed by atoms with van der Waals surface area (Å²) in [6.45, 7) is 2.13. The van der Waals surface area contributed by atoms with Crippen LogP contribution in [0.5, 0.6) is 0 Å². The van der Waals surface area contributed by atoms with Gasteiger partial charge in [-0.25, -0.2) is 8.42 Å². The third-order valence-electron chi connectivity index (χ3n) is 4.83. The summed E-state index contributed by atoms with van der Waals surface area (Å²) in [6.07, 6.45) is 4.62. The molecule has 2 unspecified atom stereocenters. The minimum Gasteiger partial charge on any atom is -0.390 e. The second-order valence-electron chi connectivity index (χ2n) is 6.12. The third-order valence-corrected chi connectivity index (χ3v) is 6.68. The lowest BCUT2D eigenvalue weighted by molar-refractivity contribution is 0.0671. The van der Waals surface area contributed by atoms with Gasteiger partial charge in [0.15, 0.2) is 0 Å². The summed E-state index contributed by atoms with van der Waals surface area (Å²) >= 11 is 0. The first-order chi connectivity index (χ1) is 10.0. The molecule has 2 atom stereocenters. The van der Waals surface area contributed by atoms with E-state index in [-0.39, 0.29) is 11.5 Å². The van der Waals surface area contributed by atoms with E-state index in [1.807, 2.05) is 0 Å². The molecule has 7 heteroatoms. The maximum atomic E-state index is 12.7. The highest BCUT2D eigenvalue weighted by molar-refractivity contribution is 7.89. The Hall–Kier alpha value is -0.890. The first kappa shape index (κ1) is 15.0. The maximum absolute atomic E-state index is 12.7. The zero-order valence-corrected chi connectivity index (χ0v) is 13.1. The molecule has 0 saturated carbocycles. The second-order valence-corrected chi connectivity index (χ2v) is 8.06. The Kier molecular flexibility index (Phi) is 4.09. The molecule has 3 rings (SSSR count). The number of nitrogens with zero attached hydrogens (tertiary/aromatic N) is 2. The Labute approximate surface area is 125 Å². The van der Waals surface area contributed by atoms with Gasteiger partial charge in [0.25, 0.3) is 0 Å². The Morgan fingerprint density at radius 2 is 2.19 bits per heavy atom. The summed E-state index contributed by atoms with van der Waals surface area (Å²) in [5, 5.41) is 9.07. The van der Waals surface area contributed by atoms with Gasteiger partial charge in [-0.1, -0.05) is 0 Å². The van der Waals surface area contributed by atoms with Crippen LogP contribution in [0.1, 0.15) is 25.0 Å². The lowest BCUT2D eigenvalue weighted by Crippen LogP contribution is -2.53. The number of fused-ring (bicyclic) bond motifs is 1. The number of rotatable bonds is 3. The molecule has 6 nitrogen and oxygen atoms in total. The maximum Gasteiger partial charge on any atom is 0.244 e.